The molecule has 1 heterocycles. The molecule has 0 N–H and O–H groups in total. The van der Waals surface area contributed by atoms with Gasteiger partial charge < -0.3 is 0 Å². The lowest BCUT2D eigenvalue weighted by Gasteiger charge is -2.26. The summed E-state index contributed by atoms with van der Waals surface area (Å²) in [5.74, 6) is 0. The molecule has 1 saturated heterocycles. The van der Waals surface area contributed by atoms with Crippen molar-refractivity contribution in [3.05, 3.63) is 30.3 Å². The normalized spacial score (nSPS) is 19.8. The molecular formula is C11H14INS. The molecule has 14 heavy (non-hydrogen) atoms. The summed E-state index contributed by atoms with van der Waals surface area (Å²) in [6, 6.07) is 10.7. The molecule has 0 radical (unpaired) electrons. The van der Waals surface area contributed by atoms with Crippen LogP contribution in [0.4, 0.5) is 0 Å². The summed E-state index contributed by atoms with van der Waals surface area (Å²) >= 11 is 4.46. The van der Waals surface area contributed by atoms with Crippen molar-refractivity contribution in [3.63, 3.8) is 0 Å². The van der Waals surface area contributed by atoms with E-state index >= 15 is 0 Å². The first-order valence-electron chi connectivity index (χ1n) is 4.97. The number of hydrogen-bond acceptors (Lipinski definition) is 2. The molecule has 1 aliphatic heterocycles. The molecule has 1 nitrogen and oxygen atoms in total. The van der Waals surface area contributed by atoms with Crippen LogP contribution in [0.1, 0.15) is 12.8 Å². The van der Waals surface area contributed by atoms with E-state index in [0.29, 0.717) is 0 Å². The minimum absolute atomic E-state index is 0.823. The summed E-state index contributed by atoms with van der Waals surface area (Å²) in [5, 5.41) is 0.823. The van der Waals surface area contributed by atoms with Crippen molar-refractivity contribution in [2.45, 2.75) is 23.0 Å². The predicted octanol–water partition coefficient (Wildman–Crippen LogP) is 3.59. The summed E-state index contributed by atoms with van der Waals surface area (Å²) in [5.41, 5.74) is 0. The van der Waals surface area contributed by atoms with E-state index in [1.165, 1.54) is 30.8 Å². The molecule has 0 aromatic heterocycles. The summed E-state index contributed by atoms with van der Waals surface area (Å²) in [6.45, 7) is 2.48. The Hall–Kier alpha value is 0.260. The van der Waals surface area contributed by atoms with Crippen LogP contribution in [0.2, 0.25) is 0 Å². The molecule has 1 aliphatic rings. The molecule has 0 saturated carbocycles. The van der Waals surface area contributed by atoms with Gasteiger partial charge in [-0.1, -0.05) is 18.2 Å². The molecule has 3 heteroatoms. The number of thioether (sulfide) groups is 1. The standard InChI is InChI=1S/C11H14INS/c12-13-8-6-11(7-9-13)14-10-4-2-1-3-5-10/h1-5,11H,6-9H2. The zero-order valence-corrected chi connectivity index (χ0v) is 11.0. The van der Waals surface area contributed by atoms with Crippen LogP contribution in [0, 0.1) is 0 Å². The Morgan fingerprint density at radius 3 is 2.43 bits per heavy atom. The Morgan fingerprint density at radius 2 is 1.79 bits per heavy atom. The highest BCUT2D eigenvalue weighted by Crippen LogP contribution is 2.30. The van der Waals surface area contributed by atoms with E-state index in [4.69, 9.17) is 0 Å². The third-order valence-electron chi connectivity index (χ3n) is 2.43. The number of benzene rings is 1. The Bertz CT molecular complexity index is 270. The van der Waals surface area contributed by atoms with Crippen LogP contribution in [0.15, 0.2) is 35.2 Å². The maximum Gasteiger partial charge on any atom is 0.0201 e. The van der Waals surface area contributed by atoms with Crippen LogP contribution >= 0.6 is 34.6 Å². The van der Waals surface area contributed by atoms with Gasteiger partial charge in [-0.15, -0.1) is 11.8 Å². The zero-order chi connectivity index (χ0) is 9.80. The van der Waals surface area contributed by atoms with Gasteiger partial charge in [0.25, 0.3) is 0 Å². The second kappa shape index (κ2) is 5.37. The van der Waals surface area contributed by atoms with Crippen LogP contribution in [0.25, 0.3) is 0 Å². The van der Waals surface area contributed by atoms with Crippen LogP contribution in [-0.4, -0.2) is 21.5 Å². The minimum Gasteiger partial charge on any atom is -0.247 e. The molecule has 1 fully saturated rings. The smallest absolute Gasteiger partial charge is 0.0201 e. The van der Waals surface area contributed by atoms with Gasteiger partial charge in [-0.2, -0.15) is 0 Å². The number of halogens is 1. The topological polar surface area (TPSA) is 3.24 Å². The maximum atomic E-state index is 2.42. The van der Waals surface area contributed by atoms with Crippen LogP contribution < -0.4 is 0 Å². The first-order chi connectivity index (χ1) is 6.84. The monoisotopic (exact) mass is 319 g/mol. The van der Waals surface area contributed by atoms with Gasteiger partial charge in [0.05, 0.1) is 0 Å². The van der Waals surface area contributed by atoms with Gasteiger partial charge in [0, 0.05) is 46.1 Å². The zero-order valence-electron chi connectivity index (χ0n) is 8.03. The van der Waals surface area contributed by atoms with Crippen molar-refractivity contribution in [3.8, 4) is 0 Å². The highest BCUT2D eigenvalue weighted by atomic mass is 127. The number of nitrogens with zero attached hydrogens (tertiary/aromatic N) is 1. The molecule has 0 amide bonds. The van der Waals surface area contributed by atoms with Crippen LogP contribution in [0.5, 0.6) is 0 Å². The Kier molecular flexibility index (Phi) is 4.13. The highest BCUT2D eigenvalue weighted by molar-refractivity contribution is 14.1. The molecule has 2 rings (SSSR count). The van der Waals surface area contributed by atoms with Gasteiger partial charge in [0.15, 0.2) is 0 Å². The fourth-order valence-electron chi connectivity index (χ4n) is 1.63. The fraction of sp³-hybridized carbons (Fsp3) is 0.455. The van der Waals surface area contributed by atoms with E-state index in [-0.39, 0.29) is 0 Å². The molecule has 0 unspecified atom stereocenters. The fourth-order valence-corrected chi connectivity index (χ4v) is 3.34. The van der Waals surface area contributed by atoms with E-state index < -0.39 is 0 Å². The van der Waals surface area contributed by atoms with E-state index in [1.54, 1.807) is 0 Å². The van der Waals surface area contributed by atoms with Crippen molar-refractivity contribution in [1.82, 2.24) is 3.11 Å². The molecule has 76 valence electrons. The van der Waals surface area contributed by atoms with Crippen molar-refractivity contribution in [1.29, 1.82) is 0 Å². The van der Waals surface area contributed by atoms with Gasteiger partial charge >= 0.3 is 0 Å². The average molecular weight is 319 g/mol. The summed E-state index contributed by atoms with van der Waals surface area (Å²) in [7, 11) is 0. The van der Waals surface area contributed by atoms with Gasteiger partial charge in [-0.3, -0.25) is 0 Å². The van der Waals surface area contributed by atoms with Crippen molar-refractivity contribution >= 4 is 34.6 Å². The van der Waals surface area contributed by atoms with Gasteiger partial charge in [0.1, 0.15) is 0 Å². The summed E-state index contributed by atoms with van der Waals surface area (Å²) in [6.07, 6.45) is 2.64. The van der Waals surface area contributed by atoms with E-state index in [2.05, 4.69) is 56.3 Å². The highest BCUT2D eigenvalue weighted by Gasteiger charge is 2.17. The van der Waals surface area contributed by atoms with Crippen molar-refractivity contribution in [2.75, 3.05) is 13.1 Å². The van der Waals surface area contributed by atoms with E-state index in [9.17, 15) is 0 Å². The molecule has 1 aromatic carbocycles. The Labute approximate surface area is 104 Å². The lowest BCUT2D eigenvalue weighted by Crippen LogP contribution is -2.27. The van der Waals surface area contributed by atoms with E-state index in [1.807, 2.05) is 11.8 Å². The Morgan fingerprint density at radius 1 is 1.14 bits per heavy atom. The van der Waals surface area contributed by atoms with Crippen molar-refractivity contribution in [2.24, 2.45) is 0 Å². The van der Waals surface area contributed by atoms with Gasteiger partial charge in [0.2, 0.25) is 0 Å². The lowest BCUT2D eigenvalue weighted by atomic mass is 10.2. The van der Waals surface area contributed by atoms with E-state index in [0.717, 1.165) is 5.25 Å². The van der Waals surface area contributed by atoms with Crippen LogP contribution in [0.3, 0.4) is 0 Å². The molecule has 0 aliphatic carbocycles. The molecular weight excluding hydrogens is 305 g/mol. The molecule has 1 aromatic rings. The molecule has 0 atom stereocenters. The van der Waals surface area contributed by atoms with Crippen LogP contribution in [-0.2, 0) is 0 Å². The van der Waals surface area contributed by atoms with Crippen molar-refractivity contribution < 1.29 is 0 Å². The third-order valence-corrected chi connectivity index (χ3v) is 4.75. The maximum absolute atomic E-state index is 2.42. The number of hydrogen-bond donors (Lipinski definition) is 0. The Balaban J connectivity index is 1.87. The first kappa shape index (κ1) is 10.8. The SMILES string of the molecule is IN1CCC(Sc2ccccc2)CC1. The summed E-state index contributed by atoms with van der Waals surface area (Å²) in [4.78, 5) is 1.42. The molecule has 0 bridgehead atoms. The molecule has 0 spiro atoms. The second-order valence-electron chi connectivity index (χ2n) is 3.54. The van der Waals surface area contributed by atoms with Gasteiger partial charge in [-0.05, 0) is 25.0 Å². The average Bonchev–Trinajstić information content (AvgIpc) is 2.23. The quantitative estimate of drug-likeness (QED) is 0.605. The summed E-state index contributed by atoms with van der Waals surface area (Å²) < 4.78 is 2.39. The third kappa shape index (κ3) is 3.14. The minimum atomic E-state index is 0.823. The second-order valence-corrected chi connectivity index (χ2v) is 6.28. The first-order valence-corrected chi connectivity index (χ1v) is 6.81. The lowest BCUT2D eigenvalue weighted by molar-refractivity contribution is 0.415. The number of rotatable bonds is 2. The number of piperidine rings is 1. The largest absolute Gasteiger partial charge is 0.247 e. The predicted molar refractivity (Wildman–Crippen MR) is 70.9 cm³/mol. The van der Waals surface area contributed by atoms with Gasteiger partial charge in [-0.25, -0.2) is 3.11 Å².